The van der Waals surface area contributed by atoms with Crippen molar-refractivity contribution in [2.75, 3.05) is 23.7 Å². The van der Waals surface area contributed by atoms with E-state index in [4.69, 9.17) is 0 Å². The lowest BCUT2D eigenvalue weighted by molar-refractivity contribution is 0.0792. The molecule has 146 valence electrons. The number of likely N-dealkylation sites (tertiary alicyclic amines) is 1. The molecule has 1 saturated heterocycles. The average Bonchev–Trinajstić information content (AvgIpc) is 3.30. The van der Waals surface area contributed by atoms with Crippen LogP contribution in [-0.2, 0) is 0 Å². The first-order chi connectivity index (χ1) is 14.2. The molecule has 3 aromatic rings. The SMILES string of the molecule is O=C(Nc1ccc(C(=O)N2CCCC2)cc1)c1ccccc1Nc1ccccc1. The monoisotopic (exact) mass is 385 g/mol. The normalized spacial score (nSPS) is 13.2. The fourth-order valence-electron chi connectivity index (χ4n) is 3.46. The predicted octanol–water partition coefficient (Wildman–Crippen LogP) is 4.92. The molecule has 0 atom stereocenters. The summed E-state index contributed by atoms with van der Waals surface area (Å²) in [4.78, 5) is 27.2. The standard InChI is InChI=1S/C24H23N3O2/c28-23(21-10-4-5-11-22(21)25-19-8-2-1-3-9-19)26-20-14-12-18(13-15-20)24(29)27-16-6-7-17-27/h1-5,8-15,25H,6-7,16-17H2,(H,26,28). The molecule has 5 nitrogen and oxygen atoms in total. The quantitative estimate of drug-likeness (QED) is 0.655. The van der Waals surface area contributed by atoms with Crippen LogP contribution in [0.15, 0.2) is 78.9 Å². The molecule has 0 saturated carbocycles. The Morgan fingerprint density at radius 2 is 1.38 bits per heavy atom. The number of para-hydroxylation sites is 2. The molecule has 0 bridgehead atoms. The molecule has 1 aliphatic heterocycles. The van der Waals surface area contributed by atoms with E-state index in [1.54, 1.807) is 30.3 Å². The van der Waals surface area contributed by atoms with Crippen LogP contribution in [0.5, 0.6) is 0 Å². The van der Waals surface area contributed by atoms with Crippen LogP contribution in [0, 0.1) is 0 Å². The van der Waals surface area contributed by atoms with Crippen molar-refractivity contribution in [3.8, 4) is 0 Å². The van der Waals surface area contributed by atoms with Crippen molar-refractivity contribution in [2.24, 2.45) is 0 Å². The first kappa shape index (κ1) is 18.7. The molecule has 5 heteroatoms. The van der Waals surface area contributed by atoms with Gasteiger partial charge in [0.2, 0.25) is 0 Å². The van der Waals surface area contributed by atoms with Gasteiger partial charge in [0.1, 0.15) is 0 Å². The number of nitrogens with zero attached hydrogens (tertiary/aromatic N) is 1. The Balaban J connectivity index is 1.46. The molecule has 2 N–H and O–H groups in total. The number of amides is 2. The second kappa shape index (κ2) is 8.61. The van der Waals surface area contributed by atoms with Gasteiger partial charge in [0.05, 0.1) is 11.3 Å². The maximum atomic E-state index is 12.8. The Morgan fingerprint density at radius 3 is 2.10 bits per heavy atom. The van der Waals surface area contributed by atoms with E-state index in [1.807, 2.05) is 53.4 Å². The van der Waals surface area contributed by atoms with E-state index < -0.39 is 0 Å². The van der Waals surface area contributed by atoms with Crippen LogP contribution in [0.4, 0.5) is 17.1 Å². The maximum Gasteiger partial charge on any atom is 0.257 e. The summed E-state index contributed by atoms with van der Waals surface area (Å²) >= 11 is 0. The third kappa shape index (κ3) is 4.46. The highest BCUT2D eigenvalue weighted by atomic mass is 16.2. The highest BCUT2D eigenvalue weighted by Crippen LogP contribution is 2.22. The van der Waals surface area contributed by atoms with Crippen LogP contribution in [-0.4, -0.2) is 29.8 Å². The van der Waals surface area contributed by atoms with Gasteiger partial charge in [0, 0.05) is 30.0 Å². The second-order valence-corrected chi connectivity index (χ2v) is 7.07. The molecule has 2 amide bonds. The molecule has 0 spiro atoms. The molecule has 0 radical (unpaired) electrons. The molecule has 3 aromatic carbocycles. The average molecular weight is 385 g/mol. The first-order valence-corrected chi connectivity index (χ1v) is 9.82. The van der Waals surface area contributed by atoms with Gasteiger partial charge in [0.15, 0.2) is 0 Å². The summed E-state index contributed by atoms with van der Waals surface area (Å²) in [5.41, 5.74) is 3.50. The summed E-state index contributed by atoms with van der Waals surface area (Å²) in [6, 6.07) is 24.2. The largest absolute Gasteiger partial charge is 0.355 e. The summed E-state index contributed by atoms with van der Waals surface area (Å²) in [7, 11) is 0. The number of hydrogen-bond donors (Lipinski definition) is 2. The molecule has 0 aliphatic carbocycles. The van der Waals surface area contributed by atoms with E-state index in [0.717, 1.165) is 37.3 Å². The molecular weight excluding hydrogens is 362 g/mol. The number of carbonyl (C=O) groups excluding carboxylic acids is 2. The Labute approximate surface area is 170 Å². The van der Waals surface area contributed by atoms with E-state index in [2.05, 4.69) is 10.6 Å². The lowest BCUT2D eigenvalue weighted by Crippen LogP contribution is -2.27. The molecule has 4 rings (SSSR count). The van der Waals surface area contributed by atoms with E-state index in [-0.39, 0.29) is 11.8 Å². The summed E-state index contributed by atoms with van der Waals surface area (Å²) in [5, 5.41) is 6.20. The van der Waals surface area contributed by atoms with Gasteiger partial charge >= 0.3 is 0 Å². The van der Waals surface area contributed by atoms with Crippen LogP contribution in [0.2, 0.25) is 0 Å². The van der Waals surface area contributed by atoms with Crippen molar-refractivity contribution in [3.63, 3.8) is 0 Å². The molecule has 1 aliphatic rings. The Bertz CT molecular complexity index is 994. The van der Waals surface area contributed by atoms with Crippen molar-refractivity contribution in [1.29, 1.82) is 0 Å². The number of benzene rings is 3. The number of rotatable bonds is 5. The van der Waals surface area contributed by atoms with Gasteiger partial charge in [-0.15, -0.1) is 0 Å². The number of hydrogen-bond acceptors (Lipinski definition) is 3. The molecule has 0 aromatic heterocycles. The third-order valence-electron chi connectivity index (χ3n) is 5.01. The molecule has 1 heterocycles. The van der Waals surface area contributed by atoms with Gasteiger partial charge in [-0.2, -0.15) is 0 Å². The van der Waals surface area contributed by atoms with Crippen LogP contribution in [0.1, 0.15) is 33.6 Å². The van der Waals surface area contributed by atoms with Gasteiger partial charge in [-0.05, 0) is 61.4 Å². The van der Waals surface area contributed by atoms with Gasteiger partial charge in [-0.25, -0.2) is 0 Å². The summed E-state index contributed by atoms with van der Waals surface area (Å²) in [5.74, 6) is -0.152. The second-order valence-electron chi connectivity index (χ2n) is 7.07. The lowest BCUT2D eigenvalue weighted by atomic mass is 10.1. The third-order valence-corrected chi connectivity index (χ3v) is 5.01. The van der Waals surface area contributed by atoms with Gasteiger partial charge in [-0.3, -0.25) is 9.59 Å². The number of nitrogens with one attached hydrogen (secondary N) is 2. The maximum absolute atomic E-state index is 12.8. The van der Waals surface area contributed by atoms with E-state index >= 15 is 0 Å². The van der Waals surface area contributed by atoms with Crippen LogP contribution in [0.25, 0.3) is 0 Å². The predicted molar refractivity (Wildman–Crippen MR) is 116 cm³/mol. The van der Waals surface area contributed by atoms with Gasteiger partial charge in [0.25, 0.3) is 11.8 Å². The summed E-state index contributed by atoms with van der Waals surface area (Å²) in [6.07, 6.45) is 2.13. The van der Waals surface area contributed by atoms with Crippen molar-refractivity contribution in [2.45, 2.75) is 12.8 Å². The van der Waals surface area contributed by atoms with Crippen molar-refractivity contribution in [1.82, 2.24) is 4.90 Å². The Morgan fingerprint density at radius 1 is 0.724 bits per heavy atom. The van der Waals surface area contributed by atoms with Crippen LogP contribution >= 0.6 is 0 Å². The fourth-order valence-corrected chi connectivity index (χ4v) is 3.46. The molecular formula is C24H23N3O2. The van der Waals surface area contributed by atoms with Gasteiger partial charge < -0.3 is 15.5 Å². The topological polar surface area (TPSA) is 61.4 Å². The fraction of sp³-hybridized carbons (Fsp3) is 0.167. The number of carbonyl (C=O) groups is 2. The van der Waals surface area contributed by atoms with Gasteiger partial charge in [-0.1, -0.05) is 30.3 Å². The number of anilines is 3. The first-order valence-electron chi connectivity index (χ1n) is 9.82. The molecule has 1 fully saturated rings. The minimum Gasteiger partial charge on any atom is -0.355 e. The minimum absolute atomic E-state index is 0.0535. The molecule has 0 unspecified atom stereocenters. The van der Waals surface area contributed by atoms with Crippen molar-refractivity contribution < 1.29 is 9.59 Å². The minimum atomic E-state index is -0.206. The van der Waals surface area contributed by atoms with Crippen molar-refractivity contribution >= 4 is 28.9 Å². The zero-order valence-corrected chi connectivity index (χ0v) is 16.1. The summed E-state index contributed by atoms with van der Waals surface area (Å²) in [6.45, 7) is 1.64. The van der Waals surface area contributed by atoms with E-state index in [9.17, 15) is 9.59 Å². The lowest BCUT2D eigenvalue weighted by Gasteiger charge is -2.15. The zero-order chi connectivity index (χ0) is 20.1. The highest BCUT2D eigenvalue weighted by molar-refractivity contribution is 6.08. The Kier molecular flexibility index (Phi) is 5.56. The Hall–Kier alpha value is -3.60. The van der Waals surface area contributed by atoms with Crippen LogP contribution in [0.3, 0.4) is 0 Å². The smallest absolute Gasteiger partial charge is 0.257 e. The highest BCUT2D eigenvalue weighted by Gasteiger charge is 2.19. The van der Waals surface area contributed by atoms with Crippen molar-refractivity contribution in [3.05, 3.63) is 90.0 Å². The van der Waals surface area contributed by atoms with E-state index in [0.29, 0.717) is 16.8 Å². The van der Waals surface area contributed by atoms with E-state index in [1.165, 1.54) is 0 Å². The molecule has 29 heavy (non-hydrogen) atoms. The van der Waals surface area contributed by atoms with Crippen LogP contribution < -0.4 is 10.6 Å². The zero-order valence-electron chi connectivity index (χ0n) is 16.1. The summed E-state index contributed by atoms with van der Waals surface area (Å²) < 4.78 is 0.